The van der Waals surface area contributed by atoms with E-state index in [0.717, 1.165) is 0 Å². The summed E-state index contributed by atoms with van der Waals surface area (Å²) in [6, 6.07) is 15.1. The maximum atomic E-state index is 2.24. The van der Waals surface area contributed by atoms with Gasteiger partial charge >= 0.3 is 51.4 Å². The third-order valence-electron chi connectivity index (χ3n) is 2.45. The summed E-state index contributed by atoms with van der Waals surface area (Å²) in [6.45, 7) is 4.48. The topological polar surface area (TPSA) is 0 Å². The van der Waals surface area contributed by atoms with Gasteiger partial charge in [0.05, 0.1) is 0 Å². The van der Waals surface area contributed by atoms with Crippen molar-refractivity contribution in [1.29, 1.82) is 0 Å². The van der Waals surface area contributed by atoms with Crippen molar-refractivity contribution in [1.82, 2.24) is 0 Å². The number of hydrogen-bond donors (Lipinski definition) is 0. The molecule has 2 aromatic rings. The van der Waals surface area contributed by atoms with Crippen molar-refractivity contribution in [2.75, 3.05) is 0 Å². The fourth-order valence-corrected chi connectivity index (χ4v) is 1.75. The van der Waals surface area contributed by atoms with Gasteiger partial charge in [0.2, 0.25) is 0 Å². The van der Waals surface area contributed by atoms with E-state index < -0.39 is 0 Å². The van der Waals surface area contributed by atoms with Gasteiger partial charge in [0.1, 0.15) is 0 Å². The maximum absolute atomic E-state index is 2.24. The van der Waals surface area contributed by atoms with Crippen molar-refractivity contribution in [2.24, 2.45) is 0 Å². The number of hydrogen-bond acceptors (Lipinski definition) is 0. The van der Waals surface area contributed by atoms with Gasteiger partial charge in [-0.2, -0.15) is 0 Å². The first-order valence-corrected chi connectivity index (χ1v) is 4.76. The summed E-state index contributed by atoms with van der Waals surface area (Å²) in [7, 11) is 0. The Balaban J connectivity index is 0.000000980. The number of rotatable bonds is 1. The molecule has 0 radical (unpaired) electrons. The minimum absolute atomic E-state index is 0. The molecule has 0 nitrogen and oxygen atoms in total. The molecule has 1 heteroatoms. The Morgan fingerprint density at radius 3 is 2.21 bits per heavy atom. The van der Waals surface area contributed by atoms with Crippen LogP contribution in [0.2, 0.25) is 0 Å². The summed E-state index contributed by atoms with van der Waals surface area (Å²) in [5.74, 6) is 0.603. The fourth-order valence-electron chi connectivity index (χ4n) is 1.75. The molecule has 0 aliphatic carbocycles. The molecular formula is C13H15K. The van der Waals surface area contributed by atoms with Gasteiger partial charge in [0, 0.05) is 0 Å². The second-order valence-corrected chi connectivity index (χ2v) is 3.72. The van der Waals surface area contributed by atoms with E-state index in [2.05, 4.69) is 56.3 Å². The third kappa shape index (κ3) is 2.47. The van der Waals surface area contributed by atoms with E-state index in [4.69, 9.17) is 0 Å². The van der Waals surface area contributed by atoms with Gasteiger partial charge in [-0.3, -0.25) is 0 Å². The molecule has 0 heterocycles. The Labute approximate surface area is 128 Å². The molecule has 2 aromatic carbocycles. The van der Waals surface area contributed by atoms with Gasteiger partial charge in [0.25, 0.3) is 0 Å². The van der Waals surface area contributed by atoms with Crippen molar-refractivity contribution in [2.45, 2.75) is 19.8 Å². The average molecular weight is 210 g/mol. The van der Waals surface area contributed by atoms with Crippen LogP contribution in [-0.2, 0) is 0 Å². The van der Waals surface area contributed by atoms with Gasteiger partial charge in [-0.25, -0.2) is 0 Å². The molecule has 0 N–H and O–H groups in total. The first-order valence-electron chi connectivity index (χ1n) is 4.76. The zero-order valence-electron chi connectivity index (χ0n) is 8.12. The molecule has 0 aliphatic heterocycles. The van der Waals surface area contributed by atoms with E-state index in [1.54, 1.807) is 0 Å². The van der Waals surface area contributed by atoms with Gasteiger partial charge in [0.15, 0.2) is 0 Å². The Morgan fingerprint density at radius 1 is 0.857 bits per heavy atom. The molecule has 0 atom stereocenters. The van der Waals surface area contributed by atoms with E-state index in [-0.39, 0.29) is 51.4 Å². The summed E-state index contributed by atoms with van der Waals surface area (Å²) in [4.78, 5) is 0. The Hall–Kier alpha value is 0.336. The van der Waals surface area contributed by atoms with Gasteiger partial charge in [-0.15, -0.1) is 0 Å². The molecule has 0 aromatic heterocycles. The summed E-state index contributed by atoms with van der Waals surface area (Å²) in [5, 5.41) is 2.73. The van der Waals surface area contributed by atoms with Crippen LogP contribution in [0.1, 0.15) is 25.3 Å². The van der Waals surface area contributed by atoms with Crippen LogP contribution in [0.25, 0.3) is 10.8 Å². The van der Waals surface area contributed by atoms with Crippen molar-refractivity contribution in [3.63, 3.8) is 0 Å². The minimum atomic E-state index is 0. The van der Waals surface area contributed by atoms with Crippen LogP contribution < -0.4 is 0 Å². The van der Waals surface area contributed by atoms with E-state index in [1.165, 1.54) is 16.3 Å². The molecule has 0 amide bonds. The second-order valence-electron chi connectivity index (χ2n) is 3.72. The SMILES string of the molecule is CC(C)c1cccc2ccccc12.[KH]. The molecule has 0 aliphatic rings. The van der Waals surface area contributed by atoms with Crippen LogP contribution in [0.5, 0.6) is 0 Å². The summed E-state index contributed by atoms with van der Waals surface area (Å²) >= 11 is 0. The Kier molecular flexibility index (Phi) is 4.81. The van der Waals surface area contributed by atoms with Crippen LogP contribution in [0, 0.1) is 0 Å². The van der Waals surface area contributed by atoms with E-state index in [1.807, 2.05) is 0 Å². The summed E-state index contributed by atoms with van der Waals surface area (Å²) < 4.78 is 0. The summed E-state index contributed by atoms with van der Waals surface area (Å²) in [5.41, 5.74) is 1.44. The van der Waals surface area contributed by atoms with Crippen molar-refractivity contribution < 1.29 is 0 Å². The van der Waals surface area contributed by atoms with Gasteiger partial charge < -0.3 is 0 Å². The molecule has 0 saturated heterocycles. The fraction of sp³-hybridized carbons (Fsp3) is 0.231. The van der Waals surface area contributed by atoms with Crippen LogP contribution in [0.4, 0.5) is 0 Å². The molecule has 0 unspecified atom stereocenters. The predicted octanol–water partition coefficient (Wildman–Crippen LogP) is 3.31. The van der Waals surface area contributed by atoms with E-state index in [9.17, 15) is 0 Å². The van der Waals surface area contributed by atoms with Crippen molar-refractivity contribution in [3.05, 3.63) is 48.0 Å². The molecule has 2 rings (SSSR count). The van der Waals surface area contributed by atoms with Gasteiger partial charge in [-0.05, 0) is 22.3 Å². The molecule has 0 saturated carbocycles. The quantitative estimate of drug-likeness (QED) is 0.633. The Morgan fingerprint density at radius 2 is 1.50 bits per heavy atom. The molecular weight excluding hydrogens is 195 g/mol. The van der Waals surface area contributed by atoms with Crippen LogP contribution >= 0.6 is 0 Å². The molecule has 0 fully saturated rings. The third-order valence-corrected chi connectivity index (χ3v) is 2.45. The zero-order valence-corrected chi connectivity index (χ0v) is 8.12. The summed E-state index contributed by atoms with van der Waals surface area (Å²) in [6.07, 6.45) is 0. The number of fused-ring (bicyclic) bond motifs is 1. The molecule has 14 heavy (non-hydrogen) atoms. The van der Waals surface area contributed by atoms with Crippen LogP contribution in [-0.4, -0.2) is 51.4 Å². The molecule has 68 valence electrons. The average Bonchev–Trinajstić information content (AvgIpc) is 2.17. The van der Waals surface area contributed by atoms with E-state index >= 15 is 0 Å². The predicted molar refractivity (Wildman–Crippen MR) is 65.2 cm³/mol. The second kappa shape index (κ2) is 5.43. The van der Waals surface area contributed by atoms with Crippen molar-refractivity contribution in [3.8, 4) is 0 Å². The monoisotopic (exact) mass is 210 g/mol. The van der Waals surface area contributed by atoms with Crippen LogP contribution in [0.15, 0.2) is 42.5 Å². The first-order chi connectivity index (χ1) is 6.29. The van der Waals surface area contributed by atoms with E-state index in [0.29, 0.717) is 5.92 Å². The normalized spacial score (nSPS) is 10.2. The Bertz CT molecular complexity index is 413. The molecule has 0 bridgehead atoms. The first kappa shape index (κ1) is 12.4. The van der Waals surface area contributed by atoms with Crippen molar-refractivity contribution >= 4 is 62.2 Å². The molecule has 0 spiro atoms. The zero-order chi connectivity index (χ0) is 9.26. The number of benzene rings is 2. The standard InChI is InChI=1S/C13H14.K.H/c1-10(2)12-9-5-7-11-6-3-4-8-13(11)12;;/h3-10H,1-2H3;;. The van der Waals surface area contributed by atoms with Crippen LogP contribution in [0.3, 0.4) is 0 Å². The van der Waals surface area contributed by atoms with Gasteiger partial charge in [-0.1, -0.05) is 56.3 Å².